The monoisotopic (exact) mass is 447 g/mol. The van der Waals surface area contributed by atoms with Crippen molar-refractivity contribution in [3.63, 3.8) is 0 Å². The Hall–Kier alpha value is -3.12. The maximum Gasteiger partial charge on any atom is 0.199 e. The summed E-state index contributed by atoms with van der Waals surface area (Å²) in [5.41, 5.74) is 2.01. The molecule has 2 aliphatic rings. The van der Waals surface area contributed by atoms with Gasteiger partial charge in [0.05, 0.1) is 24.7 Å². The minimum Gasteiger partial charge on any atom is -0.490 e. The van der Waals surface area contributed by atoms with Gasteiger partial charge in [0, 0.05) is 37.9 Å². The highest BCUT2D eigenvalue weighted by Gasteiger charge is 2.21. The van der Waals surface area contributed by atoms with E-state index in [1.165, 1.54) is 0 Å². The standard InChI is InChI=1S/C27H33N3O3/c1-3-7-23(8-4-2)32-25-14-16-30(17-15-25)22-19-28-27(29-20-22)21-10-12-24(13-11-21)33-26-9-5-6-18-31-26/h3-4,7-8,10-13,19-20,25-26H,1,5-6,9,14-18H2,2H3/b8-4-,23-7+. The van der Waals surface area contributed by atoms with Crippen LogP contribution in [0.25, 0.3) is 11.4 Å². The van der Waals surface area contributed by atoms with Gasteiger partial charge in [-0.2, -0.15) is 0 Å². The van der Waals surface area contributed by atoms with Crippen molar-refractivity contribution in [1.82, 2.24) is 9.97 Å². The van der Waals surface area contributed by atoms with Crippen LogP contribution < -0.4 is 9.64 Å². The smallest absolute Gasteiger partial charge is 0.199 e. The van der Waals surface area contributed by atoms with Crippen LogP contribution in [-0.2, 0) is 9.47 Å². The largest absolute Gasteiger partial charge is 0.490 e. The third-order valence-electron chi connectivity index (χ3n) is 5.88. The van der Waals surface area contributed by atoms with Gasteiger partial charge in [0.2, 0.25) is 0 Å². The molecule has 2 aliphatic heterocycles. The Morgan fingerprint density at radius 3 is 2.48 bits per heavy atom. The van der Waals surface area contributed by atoms with E-state index < -0.39 is 0 Å². The molecule has 0 saturated carbocycles. The lowest BCUT2D eigenvalue weighted by Crippen LogP contribution is -2.37. The molecule has 2 fully saturated rings. The van der Waals surface area contributed by atoms with Crippen molar-refractivity contribution in [3.8, 4) is 17.1 Å². The van der Waals surface area contributed by atoms with Gasteiger partial charge in [-0.05, 0) is 56.2 Å². The van der Waals surface area contributed by atoms with E-state index >= 15 is 0 Å². The van der Waals surface area contributed by atoms with Gasteiger partial charge in [-0.15, -0.1) is 0 Å². The maximum absolute atomic E-state index is 6.12. The Balaban J connectivity index is 1.30. The minimum absolute atomic E-state index is 0.137. The summed E-state index contributed by atoms with van der Waals surface area (Å²) in [5, 5.41) is 0. The zero-order valence-corrected chi connectivity index (χ0v) is 19.4. The number of piperidine rings is 1. The van der Waals surface area contributed by atoms with Gasteiger partial charge in [-0.1, -0.05) is 18.7 Å². The van der Waals surface area contributed by atoms with Crippen LogP contribution in [-0.4, -0.2) is 42.1 Å². The highest BCUT2D eigenvalue weighted by atomic mass is 16.7. The summed E-state index contributed by atoms with van der Waals surface area (Å²) in [7, 11) is 0. The fourth-order valence-electron chi connectivity index (χ4n) is 4.11. The fourth-order valence-corrected chi connectivity index (χ4v) is 4.11. The van der Waals surface area contributed by atoms with E-state index in [4.69, 9.17) is 14.2 Å². The summed E-state index contributed by atoms with van der Waals surface area (Å²) >= 11 is 0. The lowest BCUT2D eigenvalue weighted by atomic mass is 10.1. The van der Waals surface area contributed by atoms with E-state index in [0.29, 0.717) is 5.82 Å². The zero-order chi connectivity index (χ0) is 22.9. The molecule has 2 saturated heterocycles. The molecule has 4 rings (SSSR count). The molecule has 0 N–H and O–H groups in total. The number of benzene rings is 1. The molecule has 174 valence electrons. The minimum atomic E-state index is -0.137. The van der Waals surface area contributed by atoms with Crippen LogP contribution in [0.2, 0.25) is 0 Å². The number of aromatic nitrogens is 2. The van der Waals surface area contributed by atoms with Gasteiger partial charge >= 0.3 is 0 Å². The molecule has 3 heterocycles. The van der Waals surface area contributed by atoms with Gasteiger partial charge in [0.1, 0.15) is 17.6 Å². The van der Waals surface area contributed by atoms with Crippen LogP contribution in [0.4, 0.5) is 5.69 Å². The first-order chi connectivity index (χ1) is 16.2. The van der Waals surface area contributed by atoms with E-state index in [-0.39, 0.29) is 12.4 Å². The van der Waals surface area contributed by atoms with Gasteiger partial charge in [-0.3, -0.25) is 0 Å². The molecular formula is C27H33N3O3. The van der Waals surface area contributed by atoms with E-state index in [9.17, 15) is 0 Å². The summed E-state index contributed by atoms with van der Waals surface area (Å²) in [5.74, 6) is 2.39. The lowest BCUT2D eigenvalue weighted by molar-refractivity contribution is -0.105. The second kappa shape index (κ2) is 11.7. The molecule has 2 aromatic rings. The Labute approximate surface area is 196 Å². The number of nitrogens with zero attached hydrogens (tertiary/aromatic N) is 3. The van der Waals surface area contributed by atoms with E-state index in [1.807, 2.05) is 61.8 Å². The molecule has 1 atom stereocenters. The van der Waals surface area contributed by atoms with E-state index in [0.717, 1.165) is 74.6 Å². The number of hydrogen-bond acceptors (Lipinski definition) is 6. The lowest BCUT2D eigenvalue weighted by Gasteiger charge is -2.33. The fraction of sp³-hybridized carbons (Fsp3) is 0.407. The Morgan fingerprint density at radius 1 is 1.09 bits per heavy atom. The average Bonchev–Trinajstić information content (AvgIpc) is 2.86. The molecule has 1 unspecified atom stereocenters. The molecule has 6 nitrogen and oxygen atoms in total. The van der Waals surface area contributed by atoms with Crippen molar-refractivity contribution < 1.29 is 14.2 Å². The molecule has 33 heavy (non-hydrogen) atoms. The first-order valence-corrected chi connectivity index (χ1v) is 11.8. The summed E-state index contributed by atoms with van der Waals surface area (Å²) in [6, 6.07) is 7.90. The van der Waals surface area contributed by atoms with Crippen LogP contribution in [0.5, 0.6) is 5.75 Å². The predicted octanol–water partition coefficient (Wildman–Crippen LogP) is 5.68. The molecule has 0 aliphatic carbocycles. The summed E-state index contributed by atoms with van der Waals surface area (Å²) < 4.78 is 17.7. The molecule has 0 bridgehead atoms. The zero-order valence-electron chi connectivity index (χ0n) is 19.4. The number of hydrogen-bond donors (Lipinski definition) is 0. The normalized spacial score (nSPS) is 20.1. The van der Waals surface area contributed by atoms with Crippen LogP contribution >= 0.6 is 0 Å². The molecule has 0 amide bonds. The molecular weight excluding hydrogens is 414 g/mol. The van der Waals surface area contributed by atoms with Gasteiger partial charge in [-0.25, -0.2) is 9.97 Å². The Kier molecular flexibility index (Phi) is 8.14. The second-order valence-corrected chi connectivity index (χ2v) is 8.31. The van der Waals surface area contributed by atoms with Crippen LogP contribution in [0.15, 0.2) is 73.3 Å². The molecule has 1 aromatic heterocycles. The number of rotatable bonds is 8. The maximum atomic E-state index is 6.12. The topological polar surface area (TPSA) is 56.7 Å². The quantitative estimate of drug-likeness (QED) is 0.383. The average molecular weight is 448 g/mol. The highest BCUT2D eigenvalue weighted by Crippen LogP contribution is 2.25. The number of anilines is 1. The van der Waals surface area contributed by atoms with Crippen molar-refractivity contribution in [2.24, 2.45) is 0 Å². The van der Waals surface area contributed by atoms with Gasteiger partial charge in [0.25, 0.3) is 0 Å². The van der Waals surface area contributed by atoms with Crippen molar-refractivity contribution in [2.75, 3.05) is 24.6 Å². The van der Waals surface area contributed by atoms with E-state index in [1.54, 1.807) is 6.08 Å². The second-order valence-electron chi connectivity index (χ2n) is 8.31. The van der Waals surface area contributed by atoms with Crippen molar-refractivity contribution in [2.45, 2.75) is 51.4 Å². The SMILES string of the molecule is C=C/C=C(\C=C/C)OC1CCN(c2cnc(-c3ccc(OC4CCCCO4)cc3)nc2)CC1. The molecule has 1 aromatic carbocycles. The van der Waals surface area contributed by atoms with Crippen LogP contribution in [0.1, 0.15) is 39.0 Å². The summed E-state index contributed by atoms with van der Waals surface area (Å²) in [6.45, 7) is 8.36. The summed E-state index contributed by atoms with van der Waals surface area (Å²) in [6.07, 6.45) is 16.6. The van der Waals surface area contributed by atoms with Crippen LogP contribution in [0, 0.1) is 0 Å². The van der Waals surface area contributed by atoms with Crippen molar-refractivity contribution >= 4 is 5.69 Å². The van der Waals surface area contributed by atoms with Crippen LogP contribution in [0.3, 0.4) is 0 Å². The van der Waals surface area contributed by atoms with Gasteiger partial charge in [0.15, 0.2) is 12.1 Å². The Bertz CT molecular complexity index is 940. The Morgan fingerprint density at radius 2 is 1.85 bits per heavy atom. The molecule has 6 heteroatoms. The van der Waals surface area contributed by atoms with Crippen molar-refractivity contribution in [3.05, 3.63) is 73.3 Å². The first-order valence-electron chi connectivity index (χ1n) is 11.8. The third kappa shape index (κ3) is 6.45. The molecule has 0 radical (unpaired) electrons. The van der Waals surface area contributed by atoms with Crippen molar-refractivity contribution in [1.29, 1.82) is 0 Å². The number of ether oxygens (including phenoxy) is 3. The first kappa shape index (κ1) is 23.1. The summed E-state index contributed by atoms with van der Waals surface area (Å²) in [4.78, 5) is 11.5. The number of allylic oxidation sites excluding steroid dienone is 4. The predicted molar refractivity (Wildman–Crippen MR) is 131 cm³/mol. The molecule has 0 spiro atoms. The van der Waals surface area contributed by atoms with Gasteiger partial charge < -0.3 is 19.1 Å². The highest BCUT2D eigenvalue weighted by molar-refractivity contribution is 5.57. The third-order valence-corrected chi connectivity index (χ3v) is 5.88. The van der Waals surface area contributed by atoms with E-state index in [2.05, 4.69) is 21.4 Å².